The van der Waals surface area contributed by atoms with Crippen molar-refractivity contribution < 1.29 is 13.2 Å². The van der Waals surface area contributed by atoms with E-state index in [0.717, 1.165) is 5.56 Å². The van der Waals surface area contributed by atoms with Crippen molar-refractivity contribution >= 4 is 15.9 Å². The smallest absolute Gasteiger partial charge is 0.251 e. The van der Waals surface area contributed by atoms with Crippen LogP contribution in [0.4, 0.5) is 0 Å². The minimum Gasteiger partial charge on any atom is -0.348 e. The summed E-state index contributed by atoms with van der Waals surface area (Å²) in [5, 5.41) is 2.79. The van der Waals surface area contributed by atoms with Crippen LogP contribution in [0.15, 0.2) is 47.6 Å². The van der Waals surface area contributed by atoms with E-state index in [1.165, 1.54) is 12.1 Å². The zero-order chi connectivity index (χ0) is 18.7. The summed E-state index contributed by atoms with van der Waals surface area (Å²) in [6.45, 7) is 7.39. The molecular formula is C18H23N3O3S. The summed E-state index contributed by atoms with van der Waals surface area (Å²) in [5.41, 5.74) is 1.30. The van der Waals surface area contributed by atoms with Gasteiger partial charge in [-0.1, -0.05) is 12.1 Å². The molecule has 7 heteroatoms. The highest BCUT2D eigenvalue weighted by molar-refractivity contribution is 7.89. The van der Waals surface area contributed by atoms with Crippen LogP contribution in [0.5, 0.6) is 0 Å². The molecule has 0 saturated heterocycles. The molecule has 0 aliphatic rings. The summed E-state index contributed by atoms with van der Waals surface area (Å²) in [4.78, 5) is 16.5. The van der Waals surface area contributed by atoms with Crippen molar-refractivity contribution in [1.82, 2.24) is 15.0 Å². The Kier molecular flexibility index (Phi) is 5.59. The van der Waals surface area contributed by atoms with Gasteiger partial charge in [0.15, 0.2) is 0 Å². The number of benzene rings is 1. The number of pyridine rings is 1. The lowest BCUT2D eigenvalue weighted by atomic mass is 10.1. The molecule has 25 heavy (non-hydrogen) atoms. The van der Waals surface area contributed by atoms with Crippen molar-refractivity contribution in [3.8, 4) is 0 Å². The molecule has 0 radical (unpaired) electrons. The van der Waals surface area contributed by atoms with Gasteiger partial charge in [-0.3, -0.25) is 9.78 Å². The quantitative estimate of drug-likeness (QED) is 0.856. The molecule has 2 N–H and O–H groups in total. The van der Waals surface area contributed by atoms with Gasteiger partial charge in [0.05, 0.1) is 4.90 Å². The van der Waals surface area contributed by atoms with Gasteiger partial charge in [0, 0.05) is 30.0 Å². The van der Waals surface area contributed by atoms with Gasteiger partial charge >= 0.3 is 0 Å². The third-order valence-corrected chi connectivity index (χ3v) is 5.14. The number of carbonyl (C=O) groups is 1. The molecule has 0 atom stereocenters. The summed E-state index contributed by atoms with van der Waals surface area (Å²) in [7, 11) is -3.70. The van der Waals surface area contributed by atoms with E-state index in [1.54, 1.807) is 52.2 Å². The predicted molar refractivity (Wildman–Crippen MR) is 96.7 cm³/mol. The molecule has 2 rings (SSSR count). The fourth-order valence-corrected chi connectivity index (χ4v) is 3.70. The van der Waals surface area contributed by atoms with Crippen molar-refractivity contribution in [3.05, 3.63) is 59.4 Å². The Morgan fingerprint density at radius 1 is 1.20 bits per heavy atom. The summed E-state index contributed by atoms with van der Waals surface area (Å²) in [6, 6.07) is 8.19. The summed E-state index contributed by atoms with van der Waals surface area (Å²) in [5.74, 6) is -0.325. The Labute approximate surface area is 148 Å². The minimum atomic E-state index is -3.70. The second-order valence-electron chi connectivity index (χ2n) is 6.88. The SMILES string of the molecule is Cc1ccc(S(=O)(=O)NC(C)(C)C)cc1C(=O)NCc1cccnc1. The van der Waals surface area contributed by atoms with Crippen molar-refractivity contribution in [1.29, 1.82) is 0 Å². The minimum absolute atomic E-state index is 0.0690. The first kappa shape index (κ1) is 19.1. The van der Waals surface area contributed by atoms with E-state index in [4.69, 9.17) is 0 Å². The van der Waals surface area contributed by atoms with Gasteiger partial charge in [0.2, 0.25) is 10.0 Å². The van der Waals surface area contributed by atoms with Crippen LogP contribution in [0.2, 0.25) is 0 Å². The average molecular weight is 361 g/mol. The van der Waals surface area contributed by atoms with Gasteiger partial charge in [0.1, 0.15) is 0 Å². The third-order valence-electron chi connectivity index (χ3n) is 3.38. The molecule has 6 nitrogen and oxygen atoms in total. The zero-order valence-electron chi connectivity index (χ0n) is 14.8. The summed E-state index contributed by atoms with van der Waals surface area (Å²) < 4.78 is 27.5. The molecule has 1 amide bonds. The number of hydrogen-bond donors (Lipinski definition) is 2. The number of aryl methyl sites for hydroxylation is 1. The number of rotatable bonds is 5. The van der Waals surface area contributed by atoms with Gasteiger partial charge in [0.25, 0.3) is 5.91 Å². The van der Waals surface area contributed by atoms with Crippen molar-refractivity contribution in [2.24, 2.45) is 0 Å². The molecular weight excluding hydrogens is 338 g/mol. The number of amides is 1. The van der Waals surface area contributed by atoms with Gasteiger partial charge < -0.3 is 5.32 Å². The molecule has 0 saturated carbocycles. The average Bonchev–Trinajstić information content (AvgIpc) is 2.51. The van der Waals surface area contributed by atoms with Crippen molar-refractivity contribution in [2.45, 2.75) is 44.7 Å². The van der Waals surface area contributed by atoms with Crippen molar-refractivity contribution in [2.75, 3.05) is 0 Å². The Hall–Kier alpha value is -2.25. The number of nitrogens with zero attached hydrogens (tertiary/aromatic N) is 1. The van der Waals surface area contributed by atoms with E-state index in [-0.39, 0.29) is 10.8 Å². The van der Waals surface area contributed by atoms with Gasteiger partial charge in [-0.25, -0.2) is 13.1 Å². The second kappa shape index (κ2) is 7.33. The van der Waals surface area contributed by atoms with Gasteiger partial charge in [-0.2, -0.15) is 0 Å². The molecule has 0 bridgehead atoms. The van der Waals surface area contributed by atoms with E-state index >= 15 is 0 Å². The lowest BCUT2D eigenvalue weighted by Gasteiger charge is -2.20. The largest absolute Gasteiger partial charge is 0.348 e. The normalized spacial score (nSPS) is 12.0. The van der Waals surface area contributed by atoms with E-state index in [9.17, 15) is 13.2 Å². The first-order chi connectivity index (χ1) is 11.6. The van der Waals surface area contributed by atoms with Crippen LogP contribution in [0.25, 0.3) is 0 Å². The highest BCUT2D eigenvalue weighted by atomic mass is 32.2. The molecule has 1 aromatic heterocycles. The number of carbonyl (C=O) groups excluding carboxylic acids is 1. The van der Waals surface area contributed by atoms with E-state index in [1.807, 2.05) is 6.07 Å². The molecule has 1 heterocycles. The molecule has 0 fully saturated rings. The predicted octanol–water partition coefficient (Wildman–Crippen LogP) is 2.40. The highest BCUT2D eigenvalue weighted by Crippen LogP contribution is 2.18. The summed E-state index contributed by atoms with van der Waals surface area (Å²) >= 11 is 0. The highest BCUT2D eigenvalue weighted by Gasteiger charge is 2.23. The van der Waals surface area contributed by atoms with Crippen LogP contribution >= 0.6 is 0 Å². The van der Waals surface area contributed by atoms with E-state index in [0.29, 0.717) is 17.7 Å². The molecule has 0 spiro atoms. The molecule has 0 aliphatic heterocycles. The lowest BCUT2D eigenvalue weighted by molar-refractivity contribution is 0.0950. The Bertz CT molecular complexity index is 857. The van der Waals surface area contributed by atoms with Crippen LogP contribution < -0.4 is 10.0 Å². The zero-order valence-corrected chi connectivity index (χ0v) is 15.6. The number of aromatic nitrogens is 1. The molecule has 134 valence electrons. The maximum absolute atomic E-state index is 12.5. The number of nitrogens with one attached hydrogen (secondary N) is 2. The molecule has 2 aromatic rings. The van der Waals surface area contributed by atoms with Crippen LogP contribution in [-0.2, 0) is 16.6 Å². The topological polar surface area (TPSA) is 88.2 Å². The molecule has 1 aromatic carbocycles. The maximum atomic E-state index is 12.5. The van der Waals surface area contributed by atoms with E-state index < -0.39 is 15.6 Å². The molecule has 0 unspecified atom stereocenters. The fraction of sp³-hybridized carbons (Fsp3) is 0.333. The first-order valence-corrected chi connectivity index (χ1v) is 9.38. The summed E-state index contributed by atoms with van der Waals surface area (Å²) in [6.07, 6.45) is 3.33. The number of sulfonamides is 1. The Morgan fingerprint density at radius 3 is 2.52 bits per heavy atom. The number of hydrogen-bond acceptors (Lipinski definition) is 4. The van der Waals surface area contributed by atoms with Crippen molar-refractivity contribution in [3.63, 3.8) is 0 Å². The Balaban J connectivity index is 2.22. The third kappa shape index (κ3) is 5.37. The standard InChI is InChI=1S/C18H23N3O3S/c1-13-7-8-15(25(23,24)21-18(2,3)4)10-16(13)17(22)20-12-14-6-5-9-19-11-14/h5-11,21H,12H2,1-4H3,(H,20,22). The van der Waals surface area contributed by atoms with E-state index in [2.05, 4.69) is 15.0 Å². The van der Waals surface area contributed by atoms with Crippen LogP contribution in [0.1, 0.15) is 42.3 Å². The fourth-order valence-electron chi connectivity index (χ4n) is 2.26. The molecule has 0 aliphatic carbocycles. The van der Waals surface area contributed by atoms with Gasteiger partial charge in [-0.05, 0) is 57.0 Å². The van der Waals surface area contributed by atoms with Crippen LogP contribution in [0.3, 0.4) is 0 Å². The van der Waals surface area contributed by atoms with Crippen LogP contribution in [0, 0.1) is 6.92 Å². The van der Waals surface area contributed by atoms with Gasteiger partial charge in [-0.15, -0.1) is 0 Å². The maximum Gasteiger partial charge on any atom is 0.251 e. The Morgan fingerprint density at radius 2 is 1.92 bits per heavy atom. The lowest BCUT2D eigenvalue weighted by Crippen LogP contribution is -2.40. The monoisotopic (exact) mass is 361 g/mol. The second-order valence-corrected chi connectivity index (χ2v) is 8.56. The van der Waals surface area contributed by atoms with Crippen LogP contribution in [-0.4, -0.2) is 24.8 Å². The first-order valence-electron chi connectivity index (χ1n) is 7.90.